The van der Waals surface area contributed by atoms with E-state index >= 15 is 0 Å². The van der Waals surface area contributed by atoms with Crippen LogP contribution in [0.5, 0.6) is 0 Å². The third-order valence-corrected chi connectivity index (χ3v) is 6.92. The van der Waals surface area contributed by atoms with E-state index in [0.29, 0.717) is 17.9 Å². The SMILES string of the molecule is O=C(COC(=O)c1ccc(C2CCCCC2)cc1)N[C@H]1CCS(=O)(=O)C1. The highest BCUT2D eigenvalue weighted by atomic mass is 32.2. The zero-order valence-electron chi connectivity index (χ0n) is 14.8. The van der Waals surface area contributed by atoms with E-state index in [2.05, 4.69) is 5.32 Å². The maximum Gasteiger partial charge on any atom is 0.338 e. The van der Waals surface area contributed by atoms with E-state index in [1.807, 2.05) is 12.1 Å². The zero-order valence-corrected chi connectivity index (χ0v) is 15.6. The molecule has 1 aromatic carbocycles. The third-order valence-electron chi connectivity index (χ3n) is 5.15. The van der Waals surface area contributed by atoms with Gasteiger partial charge in [0.25, 0.3) is 5.91 Å². The van der Waals surface area contributed by atoms with Gasteiger partial charge in [-0.2, -0.15) is 0 Å². The Labute approximate surface area is 154 Å². The average molecular weight is 379 g/mol. The molecule has 3 rings (SSSR count). The Morgan fingerprint density at radius 2 is 1.73 bits per heavy atom. The number of hydrogen-bond donors (Lipinski definition) is 1. The molecule has 1 aliphatic carbocycles. The van der Waals surface area contributed by atoms with E-state index in [1.165, 1.54) is 37.7 Å². The highest BCUT2D eigenvalue weighted by Gasteiger charge is 2.29. The lowest BCUT2D eigenvalue weighted by molar-refractivity contribution is -0.124. The number of carbonyl (C=O) groups is 2. The second-order valence-electron chi connectivity index (χ2n) is 7.20. The van der Waals surface area contributed by atoms with Gasteiger partial charge in [0, 0.05) is 6.04 Å². The topological polar surface area (TPSA) is 89.5 Å². The van der Waals surface area contributed by atoms with Gasteiger partial charge in [-0.15, -0.1) is 0 Å². The first-order valence-electron chi connectivity index (χ1n) is 9.20. The van der Waals surface area contributed by atoms with Crippen LogP contribution in [-0.2, 0) is 19.4 Å². The first-order valence-corrected chi connectivity index (χ1v) is 11.0. The molecule has 1 aliphatic heterocycles. The summed E-state index contributed by atoms with van der Waals surface area (Å²) in [5, 5.41) is 2.60. The third kappa shape index (κ3) is 5.06. The minimum absolute atomic E-state index is 0.0463. The van der Waals surface area contributed by atoms with Crippen molar-refractivity contribution in [2.75, 3.05) is 18.1 Å². The van der Waals surface area contributed by atoms with Gasteiger partial charge in [0.1, 0.15) is 0 Å². The van der Waals surface area contributed by atoms with Crippen molar-refractivity contribution < 1.29 is 22.7 Å². The summed E-state index contributed by atoms with van der Waals surface area (Å²) in [6.07, 6.45) is 6.61. The standard InChI is InChI=1S/C19H25NO5S/c21-18(20-17-10-11-26(23,24)13-17)12-25-19(22)16-8-6-15(7-9-16)14-4-2-1-3-5-14/h6-9,14,17H,1-5,10-13H2,(H,20,21)/t17-/m0/s1. The first-order chi connectivity index (χ1) is 12.4. The molecule has 1 heterocycles. The summed E-state index contributed by atoms with van der Waals surface area (Å²) in [4.78, 5) is 23.9. The number of ether oxygens (including phenoxy) is 1. The smallest absolute Gasteiger partial charge is 0.338 e. The molecule has 2 aliphatic rings. The zero-order chi connectivity index (χ0) is 18.6. The number of hydrogen-bond acceptors (Lipinski definition) is 5. The van der Waals surface area contributed by atoms with Crippen LogP contribution in [0.2, 0.25) is 0 Å². The van der Waals surface area contributed by atoms with Crippen molar-refractivity contribution in [1.82, 2.24) is 5.32 Å². The van der Waals surface area contributed by atoms with Gasteiger partial charge in [0.15, 0.2) is 16.4 Å². The van der Waals surface area contributed by atoms with Crippen molar-refractivity contribution in [3.8, 4) is 0 Å². The molecule has 26 heavy (non-hydrogen) atoms. The lowest BCUT2D eigenvalue weighted by atomic mass is 9.84. The number of nitrogens with one attached hydrogen (secondary N) is 1. The molecule has 1 saturated carbocycles. The lowest BCUT2D eigenvalue weighted by Gasteiger charge is -2.22. The predicted octanol–water partition coefficient (Wildman–Crippen LogP) is 2.19. The molecular weight excluding hydrogens is 354 g/mol. The molecule has 7 heteroatoms. The molecule has 0 spiro atoms. The van der Waals surface area contributed by atoms with Crippen LogP contribution in [0.3, 0.4) is 0 Å². The minimum Gasteiger partial charge on any atom is -0.452 e. The molecule has 6 nitrogen and oxygen atoms in total. The van der Waals surface area contributed by atoms with E-state index < -0.39 is 28.3 Å². The quantitative estimate of drug-likeness (QED) is 0.792. The summed E-state index contributed by atoms with van der Waals surface area (Å²) in [5.74, 6) is -0.406. The second-order valence-corrected chi connectivity index (χ2v) is 9.43. The monoisotopic (exact) mass is 379 g/mol. The maximum atomic E-state index is 12.1. The van der Waals surface area contributed by atoms with Crippen molar-refractivity contribution in [3.05, 3.63) is 35.4 Å². The molecule has 0 bridgehead atoms. The van der Waals surface area contributed by atoms with E-state index in [-0.39, 0.29) is 17.5 Å². The Hall–Kier alpha value is -1.89. The molecule has 0 aromatic heterocycles. The van der Waals surface area contributed by atoms with Gasteiger partial charge in [-0.1, -0.05) is 31.4 Å². The van der Waals surface area contributed by atoms with Crippen molar-refractivity contribution in [2.24, 2.45) is 0 Å². The molecule has 2 fully saturated rings. The highest BCUT2D eigenvalue weighted by molar-refractivity contribution is 7.91. The molecular formula is C19H25NO5S. The van der Waals surface area contributed by atoms with Crippen LogP contribution in [0, 0.1) is 0 Å². The fourth-order valence-corrected chi connectivity index (χ4v) is 5.39. The molecule has 1 saturated heterocycles. The second kappa shape index (κ2) is 8.20. The molecule has 1 atom stereocenters. The van der Waals surface area contributed by atoms with Crippen molar-refractivity contribution >= 4 is 21.7 Å². The summed E-state index contributed by atoms with van der Waals surface area (Å²) >= 11 is 0. The van der Waals surface area contributed by atoms with Crippen molar-refractivity contribution in [3.63, 3.8) is 0 Å². The predicted molar refractivity (Wildman–Crippen MR) is 97.8 cm³/mol. The Morgan fingerprint density at radius 3 is 2.35 bits per heavy atom. The van der Waals surface area contributed by atoms with Crippen molar-refractivity contribution in [2.45, 2.75) is 50.5 Å². The normalized spacial score (nSPS) is 22.7. The highest BCUT2D eigenvalue weighted by Crippen LogP contribution is 2.32. The van der Waals surface area contributed by atoms with Gasteiger partial charge in [0.05, 0.1) is 17.1 Å². The van der Waals surface area contributed by atoms with Gasteiger partial charge < -0.3 is 10.1 Å². The number of rotatable bonds is 5. The molecule has 0 radical (unpaired) electrons. The van der Waals surface area contributed by atoms with Gasteiger partial charge >= 0.3 is 5.97 Å². The summed E-state index contributed by atoms with van der Waals surface area (Å²) in [6.45, 7) is -0.403. The number of benzene rings is 1. The minimum atomic E-state index is -3.05. The van der Waals surface area contributed by atoms with Crippen LogP contribution in [-0.4, -0.2) is 44.4 Å². The fourth-order valence-electron chi connectivity index (χ4n) is 3.72. The summed E-state index contributed by atoms with van der Waals surface area (Å²) in [6, 6.07) is 7.04. The molecule has 1 amide bonds. The summed E-state index contributed by atoms with van der Waals surface area (Å²) in [5.41, 5.74) is 1.67. The number of carbonyl (C=O) groups excluding carboxylic acids is 2. The van der Waals surface area contributed by atoms with Crippen LogP contribution in [0.1, 0.15) is 60.4 Å². The molecule has 0 unspecified atom stereocenters. The maximum absolute atomic E-state index is 12.1. The van der Waals surface area contributed by atoms with E-state index in [9.17, 15) is 18.0 Å². The summed E-state index contributed by atoms with van der Waals surface area (Å²) in [7, 11) is -3.05. The molecule has 1 aromatic rings. The van der Waals surface area contributed by atoms with Gasteiger partial charge in [-0.25, -0.2) is 13.2 Å². The first kappa shape index (κ1) is 18.9. The Morgan fingerprint density at radius 1 is 1.04 bits per heavy atom. The van der Waals surface area contributed by atoms with E-state index in [4.69, 9.17) is 4.74 Å². The van der Waals surface area contributed by atoms with Crippen molar-refractivity contribution in [1.29, 1.82) is 0 Å². The van der Waals surface area contributed by atoms with E-state index in [0.717, 1.165) is 0 Å². The summed E-state index contributed by atoms with van der Waals surface area (Å²) < 4.78 is 27.8. The fraction of sp³-hybridized carbons (Fsp3) is 0.579. The van der Waals surface area contributed by atoms with Gasteiger partial charge in [-0.3, -0.25) is 4.79 Å². The average Bonchev–Trinajstić information content (AvgIpc) is 2.99. The number of amides is 1. The number of esters is 1. The van der Waals surface area contributed by atoms with Gasteiger partial charge in [-0.05, 0) is 42.9 Å². The Balaban J connectivity index is 1.46. The molecule has 1 N–H and O–H groups in total. The Bertz CT molecular complexity index is 751. The van der Waals surface area contributed by atoms with Crippen LogP contribution < -0.4 is 5.32 Å². The largest absolute Gasteiger partial charge is 0.452 e. The van der Waals surface area contributed by atoms with E-state index in [1.54, 1.807) is 12.1 Å². The van der Waals surface area contributed by atoms with Crippen LogP contribution in [0.4, 0.5) is 0 Å². The van der Waals surface area contributed by atoms with Crippen LogP contribution >= 0.6 is 0 Å². The Kier molecular flexibility index (Phi) is 5.96. The number of sulfone groups is 1. The molecule has 142 valence electrons. The van der Waals surface area contributed by atoms with Crippen LogP contribution in [0.15, 0.2) is 24.3 Å². The van der Waals surface area contributed by atoms with Gasteiger partial charge in [0.2, 0.25) is 0 Å². The lowest BCUT2D eigenvalue weighted by Crippen LogP contribution is -2.38. The van der Waals surface area contributed by atoms with Crippen LogP contribution in [0.25, 0.3) is 0 Å².